The first kappa shape index (κ1) is 55.3. The van der Waals surface area contributed by atoms with E-state index in [-0.39, 0.29) is 46.7 Å². The number of nitrogens with zero attached hydrogens (tertiary/aromatic N) is 4. The average molecular weight is 973 g/mol. The lowest BCUT2D eigenvalue weighted by Crippen LogP contribution is -2.63. The van der Waals surface area contributed by atoms with Gasteiger partial charge in [-0.1, -0.05) is 102 Å². The van der Waals surface area contributed by atoms with Crippen molar-refractivity contribution in [1.29, 1.82) is 0 Å². The third-order valence-corrected chi connectivity index (χ3v) is 17.0. The number of nitrogens with one attached hydrogen (secondary N) is 4. The molecule has 2 aromatic carbocycles. The number of carbonyl (C=O) groups is 4. The summed E-state index contributed by atoms with van der Waals surface area (Å²) < 4.78 is 13.8. The van der Waals surface area contributed by atoms with E-state index in [1.54, 1.807) is 14.1 Å². The Balaban J connectivity index is 1.18. The number of carbonyl (C=O) groups excluding carboxylic acids is 4. The summed E-state index contributed by atoms with van der Waals surface area (Å²) in [6, 6.07) is 19.6. The number of benzene rings is 2. The van der Waals surface area contributed by atoms with Gasteiger partial charge in [-0.2, -0.15) is 0 Å². The van der Waals surface area contributed by atoms with Crippen molar-refractivity contribution < 1.29 is 28.7 Å². The molecule has 0 saturated carbocycles. The minimum Gasteiger partial charge on any atom is -0.374 e. The number of ether oxygens (including phenoxy) is 2. The SMILES string of the molecule is CN[C@@H](N)C(=O)NC(C(=O)N1CC[C@@]2(C)C[C@@H](OCCO[C@H]3CN(CCc4ccccc4)C[C@@]4(C)N(C(=O)[C@@H](NC(=O)[C@H](N)NC)C(C)C)CC[C@@]4(C)C3)CN(CCc3ccccc3)C[C@@]12C)C(C)C. The predicted octanol–water partition coefficient (Wildman–Crippen LogP) is 2.94. The largest absolute Gasteiger partial charge is 0.374 e. The van der Waals surface area contributed by atoms with E-state index < -0.39 is 47.3 Å². The van der Waals surface area contributed by atoms with Crippen LogP contribution in [0.1, 0.15) is 92.2 Å². The van der Waals surface area contributed by atoms with Crippen molar-refractivity contribution in [1.82, 2.24) is 40.9 Å². The van der Waals surface area contributed by atoms with E-state index >= 15 is 0 Å². The molecule has 0 aromatic heterocycles. The van der Waals surface area contributed by atoms with E-state index in [0.29, 0.717) is 39.4 Å². The maximum absolute atomic E-state index is 14.7. The van der Waals surface area contributed by atoms with Gasteiger partial charge in [0.05, 0.1) is 36.5 Å². The van der Waals surface area contributed by atoms with Gasteiger partial charge >= 0.3 is 0 Å². The molecule has 390 valence electrons. The van der Waals surface area contributed by atoms with Crippen LogP contribution < -0.4 is 32.7 Å². The Labute approximate surface area is 419 Å². The highest BCUT2D eigenvalue weighted by Crippen LogP contribution is 2.52. The first-order chi connectivity index (χ1) is 33.2. The second-order valence-electron chi connectivity index (χ2n) is 22.5. The number of nitrogens with two attached hydrogens (primary N) is 2. The monoisotopic (exact) mass is 973 g/mol. The van der Waals surface area contributed by atoms with Gasteiger partial charge in [-0.05, 0) is 100 Å². The van der Waals surface area contributed by atoms with E-state index in [2.05, 4.69) is 107 Å². The molecule has 4 aliphatic heterocycles. The number of rotatable bonds is 21. The number of amides is 4. The van der Waals surface area contributed by atoms with Crippen LogP contribution in [0.4, 0.5) is 0 Å². The zero-order chi connectivity index (χ0) is 51.0. The van der Waals surface area contributed by atoms with E-state index in [4.69, 9.17) is 20.9 Å². The van der Waals surface area contributed by atoms with E-state index in [0.717, 1.165) is 64.7 Å². The summed E-state index contributed by atoms with van der Waals surface area (Å²) in [7, 11) is 3.26. The molecular formula is C54H88N10O6. The maximum Gasteiger partial charge on any atom is 0.252 e. The van der Waals surface area contributed by atoms with Gasteiger partial charge in [-0.25, -0.2) is 0 Å². The highest BCUT2D eigenvalue weighted by Gasteiger charge is 2.60. The van der Waals surface area contributed by atoms with Crippen molar-refractivity contribution >= 4 is 23.6 Å². The summed E-state index contributed by atoms with van der Waals surface area (Å²) in [5.41, 5.74) is 13.0. The molecule has 2 aromatic rings. The van der Waals surface area contributed by atoms with Gasteiger partial charge in [0.25, 0.3) is 11.8 Å². The van der Waals surface area contributed by atoms with Crippen LogP contribution in [0.3, 0.4) is 0 Å². The van der Waals surface area contributed by atoms with Crippen LogP contribution in [-0.4, -0.2) is 171 Å². The Morgan fingerprint density at radius 3 is 1.30 bits per heavy atom. The topological polar surface area (TPSA) is 200 Å². The predicted molar refractivity (Wildman–Crippen MR) is 275 cm³/mol. The van der Waals surface area contributed by atoms with Crippen LogP contribution in [0.2, 0.25) is 0 Å². The molecule has 8 N–H and O–H groups in total. The molecule has 4 fully saturated rings. The van der Waals surface area contributed by atoms with Crippen LogP contribution in [0.25, 0.3) is 0 Å². The Morgan fingerprint density at radius 1 is 0.614 bits per heavy atom. The summed E-state index contributed by atoms with van der Waals surface area (Å²) in [6.45, 7) is 23.4. The van der Waals surface area contributed by atoms with Gasteiger partial charge in [0.1, 0.15) is 24.4 Å². The molecule has 4 amide bonds. The van der Waals surface area contributed by atoms with Crippen LogP contribution in [0.15, 0.2) is 60.7 Å². The lowest BCUT2D eigenvalue weighted by atomic mass is 9.69. The Morgan fingerprint density at radius 2 is 0.971 bits per heavy atom. The lowest BCUT2D eigenvalue weighted by molar-refractivity contribution is -0.144. The number of hydrogen-bond acceptors (Lipinski definition) is 12. The second kappa shape index (κ2) is 23.7. The first-order valence-electron chi connectivity index (χ1n) is 26.0. The van der Waals surface area contributed by atoms with Crippen molar-refractivity contribution in [3.8, 4) is 0 Å². The number of likely N-dealkylation sites (N-methyl/N-ethyl adjacent to an activating group) is 2. The Hall–Kier alpha value is -4.00. The molecule has 16 heteroatoms. The fraction of sp³-hybridized carbons (Fsp3) is 0.704. The third kappa shape index (κ3) is 12.4. The zero-order valence-electron chi connectivity index (χ0n) is 44.1. The van der Waals surface area contributed by atoms with E-state index in [9.17, 15) is 19.2 Å². The van der Waals surface area contributed by atoms with Crippen molar-refractivity contribution in [2.24, 2.45) is 34.1 Å². The summed E-state index contributed by atoms with van der Waals surface area (Å²) in [4.78, 5) is 64.4. The summed E-state index contributed by atoms with van der Waals surface area (Å²) in [5, 5.41) is 11.5. The first-order valence-corrected chi connectivity index (χ1v) is 26.0. The molecule has 6 rings (SSSR count). The lowest BCUT2D eigenvalue weighted by Gasteiger charge is -2.47. The fourth-order valence-corrected chi connectivity index (χ4v) is 12.0. The minimum atomic E-state index is -0.914. The second-order valence-corrected chi connectivity index (χ2v) is 22.5. The number of fused-ring (bicyclic) bond motifs is 2. The summed E-state index contributed by atoms with van der Waals surface area (Å²) in [5.74, 6) is -1.22. The van der Waals surface area contributed by atoms with E-state index in [1.165, 1.54) is 11.1 Å². The summed E-state index contributed by atoms with van der Waals surface area (Å²) >= 11 is 0. The molecule has 70 heavy (non-hydrogen) atoms. The van der Waals surface area contributed by atoms with Crippen molar-refractivity contribution in [2.45, 2.75) is 142 Å². The van der Waals surface area contributed by atoms with Crippen molar-refractivity contribution in [3.05, 3.63) is 71.8 Å². The molecule has 0 bridgehead atoms. The maximum atomic E-state index is 14.7. The zero-order valence-corrected chi connectivity index (χ0v) is 44.1. The van der Waals surface area contributed by atoms with Gasteiger partial charge in [-0.15, -0.1) is 0 Å². The Bertz CT molecular complexity index is 1910. The van der Waals surface area contributed by atoms with Crippen molar-refractivity contribution in [3.63, 3.8) is 0 Å². The van der Waals surface area contributed by atoms with Crippen LogP contribution in [0, 0.1) is 22.7 Å². The standard InChI is InChI=1S/C54H88N10O6/c1-37(2)43(59-47(65)45(55)57-9)49(67)63-27-23-51(5)31-41(33-61(35-53(51,63)7)25-21-39-17-13-11-14-18-39)69-29-30-70-42-32-52(6)24-28-64(50(68)44(38(3)4)60-48(66)46(56)58-10)54(52,8)36-62(34-42)26-22-40-19-15-12-16-20-40/h11-20,37-38,41-46,57-58H,21-36,55-56H2,1-10H3,(H,59,65)(H,60,66)/t41-,42-,43+,44?,45-,46-,51+,52+,53-,54-/m1/s1. The number of hydrogen-bond donors (Lipinski definition) is 6. The molecule has 4 heterocycles. The smallest absolute Gasteiger partial charge is 0.252 e. The van der Waals surface area contributed by atoms with Crippen LogP contribution >= 0.6 is 0 Å². The molecule has 0 aliphatic carbocycles. The molecular weight excluding hydrogens is 885 g/mol. The van der Waals surface area contributed by atoms with Gasteiger partial charge in [0, 0.05) is 52.4 Å². The molecule has 0 spiro atoms. The molecule has 16 nitrogen and oxygen atoms in total. The fourth-order valence-electron chi connectivity index (χ4n) is 12.0. The third-order valence-electron chi connectivity index (χ3n) is 17.0. The van der Waals surface area contributed by atoms with Crippen LogP contribution in [-0.2, 0) is 41.5 Å². The van der Waals surface area contributed by atoms with Crippen LogP contribution in [0.5, 0.6) is 0 Å². The molecule has 10 atom stereocenters. The van der Waals surface area contributed by atoms with Crippen molar-refractivity contribution in [2.75, 3.05) is 79.7 Å². The molecule has 4 saturated heterocycles. The average Bonchev–Trinajstić information content (AvgIpc) is 3.64. The molecule has 4 aliphatic rings. The molecule has 1 unspecified atom stereocenters. The van der Waals surface area contributed by atoms with E-state index in [1.807, 2.05) is 49.6 Å². The Kier molecular flexibility index (Phi) is 18.7. The van der Waals surface area contributed by atoms with Gasteiger partial charge in [0.15, 0.2) is 0 Å². The number of likely N-dealkylation sites (tertiary alicyclic amines) is 4. The highest BCUT2D eigenvalue weighted by molar-refractivity contribution is 5.91. The normalized spacial score (nSPS) is 29.2. The van der Waals surface area contributed by atoms with Gasteiger partial charge < -0.3 is 41.4 Å². The highest BCUT2D eigenvalue weighted by atomic mass is 16.5. The van der Waals surface area contributed by atoms with Gasteiger partial charge in [-0.3, -0.25) is 39.6 Å². The summed E-state index contributed by atoms with van der Waals surface area (Å²) in [6.07, 6.45) is 2.89. The quantitative estimate of drug-likeness (QED) is 0.0792. The molecule has 0 radical (unpaired) electrons. The van der Waals surface area contributed by atoms with Gasteiger partial charge in [0.2, 0.25) is 11.8 Å². The minimum absolute atomic E-state index is 0.0739.